The van der Waals surface area contributed by atoms with Crippen LogP contribution in [-0.2, 0) is 9.59 Å². The third-order valence-electron chi connectivity index (χ3n) is 5.66. The van der Waals surface area contributed by atoms with Crippen molar-refractivity contribution < 1.29 is 19.5 Å². The number of benzene rings is 3. The maximum absolute atomic E-state index is 13.5. The molecule has 0 aliphatic carbocycles. The van der Waals surface area contributed by atoms with Crippen molar-refractivity contribution >= 4 is 17.8 Å². The van der Waals surface area contributed by atoms with Crippen molar-refractivity contribution in [1.29, 1.82) is 0 Å². The number of rotatable bonds is 10. The summed E-state index contributed by atoms with van der Waals surface area (Å²) < 4.78 is 0. The van der Waals surface area contributed by atoms with Gasteiger partial charge in [-0.3, -0.25) is 9.59 Å². The van der Waals surface area contributed by atoms with E-state index in [1.54, 1.807) is 12.1 Å². The van der Waals surface area contributed by atoms with Gasteiger partial charge < -0.3 is 15.7 Å². The van der Waals surface area contributed by atoms with E-state index < -0.39 is 23.8 Å². The molecule has 0 fully saturated rings. The molecule has 2 amide bonds. The van der Waals surface area contributed by atoms with Gasteiger partial charge in [-0.05, 0) is 41.2 Å². The molecule has 0 radical (unpaired) electrons. The molecular weight excluding hydrogens is 416 g/mol. The van der Waals surface area contributed by atoms with Crippen molar-refractivity contribution in [2.75, 3.05) is 6.54 Å². The number of carbonyl (C=O) groups is 3. The van der Waals surface area contributed by atoms with Crippen LogP contribution in [0.15, 0.2) is 84.9 Å². The van der Waals surface area contributed by atoms with Gasteiger partial charge in [-0.15, -0.1) is 0 Å². The molecule has 0 heterocycles. The molecule has 0 aromatic heterocycles. The summed E-state index contributed by atoms with van der Waals surface area (Å²) in [5, 5.41) is 9.88. The predicted molar refractivity (Wildman–Crippen MR) is 128 cm³/mol. The van der Waals surface area contributed by atoms with Crippen molar-refractivity contribution in [3.05, 3.63) is 96.1 Å². The number of nitrogens with two attached hydrogens (primary N) is 1. The topological polar surface area (TPSA) is 101 Å². The minimum Gasteiger partial charge on any atom is -0.480 e. The normalized spacial score (nSPS) is 12.5. The van der Waals surface area contributed by atoms with Crippen LogP contribution in [0.4, 0.5) is 0 Å². The summed E-state index contributed by atoms with van der Waals surface area (Å²) in [7, 11) is 0. The van der Waals surface area contributed by atoms with Crippen LogP contribution in [-0.4, -0.2) is 40.4 Å². The summed E-state index contributed by atoms with van der Waals surface area (Å²) in [4.78, 5) is 38.3. The molecule has 3 rings (SSSR count). The largest absolute Gasteiger partial charge is 0.480 e. The Labute approximate surface area is 193 Å². The molecule has 2 atom stereocenters. The van der Waals surface area contributed by atoms with Crippen LogP contribution in [0.25, 0.3) is 11.1 Å². The molecule has 0 spiro atoms. The van der Waals surface area contributed by atoms with Crippen molar-refractivity contribution in [2.45, 2.75) is 31.7 Å². The van der Waals surface area contributed by atoms with E-state index in [4.69, 9.17) is 5.73 Å². The van der Waals surface area contributed by atoms with Crippen LogP contribution in [0.5, 0.6) is 0 Å². The zero-order valence-corrected chi connectivity index (χ0v) is 18.6. The smallest absolute Gasteiger partial charge is 0.326 e. The van der Waals surface area contributed by atoms with Crippen LogP contribution < -0.4 is 5.73 Å². The summed E-state index contributed by atoms with van der Waals surface area (Å²) in [6.07, 6.45) is -0.159. The second kappa shape index (κ2) is 11.1. The van der Waals surface area contributed by atoms with E-state index in [2.05, 4.69) is 0 Å². The lowest BCUT2D eigenvalue weighted by Crippen LogP contribution is -2.47. The molecule has 6 heteroatoms. The van der Waals surface area contributed by atoms with Gasteiger partial charge in [-0.1, -0.05) is 79.7 Å². The third kappa shape index (κ3) is 6.29. The van der Waals surface area contributed by atoms with Crippen LogP contribution in [0.1, 0.15) is 41.6 Å². The van der Waals surface area contributed by atoms with Gasteiger partial charge in [0.15, 0.2) is 0 Å². The van der Waals surface area contributed by atoms with Gasteiger partial charge in [-0.2, -0.15) is 0 Å². The molecule has 6 nitrogen and oxygen atoms in total. The number of carboxylic acids is 1. The first-order valence-electron chi connectivity index (χ1n) is 10.9. The fraction of sp³-hybridized carbons (Fsp3) is 0.222. The third-order valence-corrected chi connectivity index (χ3v) is 5.66. The van der Waals surface area contributed by atoms with Gasteiger partial charge >= 0.3 is 5.97 Å². The van der Waals surface area contributed by atoms with Crippen LogP contribution >= 0.6 is 0 Å². The summed E-state index contributed by atoms with van der Waals surface area (Å²) in [5.41, 5.74) is 8.62. The number of carboxylic acid groups (broad SMARTS) is 1. The lowest BCUT2D eigenvalue weighted by Gasteiger charge is -2.31. The summed E-state index contributed by atoms with van der Waals surface area (Å²) in [5.74, 6) is -2.26. The van der Waals surface area contributed by atoms with Gasteiger partial charge in [0.05, 0.1) is 0 Å². The lowest BCUT2D eigenvalue weighted by atomic mass is 9.97. The Hall–Kier alpha value is -3.93. The summed E-state index contributed by atoms with van der Waals surface area (Å²) in [6.45, 7) is 2.14. The zero-order chi connectivity index (χ0) is 23.8. The predicted octanol–water partition coefficient (Wildman–Crippen LogP) is 4.32. The number of carbonyl (C=O) groups excluding carboxylic acids is 2. The van der Waals surface area contributed by atoms with E-state index in [1.165, 1.54) is 4.90 Å². The van der Waals surface area contributed by atoms with Gasteiger partial charge in [0.1, 0.15) is 6.04 Å². The Balaban J connectivity index is 1.90. The average molecular weight is 445 g/mol. The fourth-order valence-electron chi connectivity index (χ4n) is 3.83. The van der Waals surface area contributed by atoms with E-state index >= 15 is 0 Å². The molecule has 0 unspecified atom stereocenters. The molecule has 3 N–H and O–H groups in total. The summed E-state index contributed by atoms with van der Waals surface area (Å²) >= 11 is 0. The van der Waals surface area contributed by atoms with Crippen molar-refractivity contribution in [3.63, 3.8) is 0 Å². The Kier molecular flexibility index (Phi) is 7.97. The Morgan fingerprint density at radius 3 is 1.94 bits per heavy atom. The highest BCUT2D eigenvalue weighted by Gasteiger charge is 2.32. The van der Waals surface area contributed by atoms with Crippen molar-refractivity contribution in [2.24, 2.45) is 5.73 Å². The first-order chi connectivity index (χ1) is 15.9. The molecule has 170 valence electrons. The molecule has 0 aliphatic rings. The lowest BCUT2D eigenvalue weighted by molar-refractivity contribution is -0.142. The molecule has 0 saturated heterocycles. The molecule has 3 aromatic rings. The average Bonchev–Trinajstić information content (AvgIpc) is 2.83. The van der Waals surface area contributed by atoms with Gasteiger partial charge in [0.2, 0.25) is 5.91 Å². The number of amides is 2. The van der Waals surface area contributed by atoms with E-state index in [-0.39, 0.29) is 25.3 Å². The standard InChI is InChI=1S/C27H28N2O4/c1-19(20-8-4-2-5-9-20)18-29(24(27(32)33)16-17-25(28)30)26(31)23-14-12-22(13-15-23)21-10-6-3-7-11-21/h2-15,19,24H,16-18H2,1H3,(H2,28,30)(H,32,33)/t19-,24-/m0/s1. The van der Waals surface area contributed by atoms with Gasteiger partial charge in [0.25, 0.3) is 5.91 Å². The van der Waals surface area contributed by atoms with E-state index in [1.807, 2.05) is 79.7 Å². The van der Waals surface area contributed by atoms with Gasteiger partial charge in [-0.25, -0.2) is 4.79 Å². The molecule has 0 aliphatic heterocycles. The number of hydrogen-bond donors (Lipinski definition) is 2. The SMILES string of the molecule is C[C@@H](CN(C(=O)c1ccc(-c2ccccc2)cc1)[C@@H](CCC(N)=O)C(=O)O)c1ccccc1. The van der Waals surface area contributed by atoms with Crippen molar-refractivity contribution in [3.8, 4) is 11.1 Å². The fourth-order valence-corrected chi connectivity index (χ4v) is 3.83. The first kappa shape index (κ1) is 23.7. The molecule has 33 heavy (non-hydrogen) atoms. The van der Waals surface area contributed by atoms with Crippen LogP contribution in [0.3, 0.4) is 0 Å². The van der Waals surface area contributed by atoms with Crippen LogP contribution in [0, 0.1) is 0 Å². The number of aliphatic carboxylic acids is 1. The minimum absolute atomic E-state index is 0.0417. The van der Waals surface area contributed by atoms with Crippen molar-refractivity contribution in [1.82, 2.24) is 4.90 Å². The minimum atomic E-state index is -1.16. The number of hydrogen-bond acceptors (Lipinski definition) is 3. The Bertz CT molecular complexity index is 1080. The Morgan fingerprint density at radius 2 is 1.39 bits per heavy atom. The van der Waals surface area contributed by atoms with Crippen LogP contribution in [0.2, 0.25) is 0 Å². The zero-order valence-electron chi connectivity index (χ0n) is 18.6. The Morgan fingerprint density at radius 1 is 0.848 bits per heavy atom. The maximum Gasteiger partial charge on any atom is 0.326 e. The quantitative estimate of drug-likeness (QED) is 0.486. The highest BCUT2D eigenvalue weighted by atomic mass is 16.4. The van der Waals surface area contributed by atoms with Gasteiger partial charge in [0, 0.05) is 18.5 Å². The highest BCUT2D eigenvalue weighted by Crippen LogP contribution is 2.24. The van der Waals surface area contributed by atoms with E-state index in [0.717, 1.165) is 16.7 Å². The molecule has 0 bridgehead atoms. The second-order valence-corrected chi connectivity index (χ2v) is 8.07. The number of nitrogens with zero attached hydrogens (tertiary/aromatic N) is 1. The first-order valence-corrected chi connectivity index (χ1v) is 10.9. The van der Waals surface area contributed by atoms with E-state index in [0.29, 0.717) is 5.56 Å². The molecular formula is C27H28N2O4. The summed E-state index contributed by atoms with van der Waals surface area (Å²) in [6, 6.07) is 25.3. The monoisotopic (exact) mass is 444 g/mol. The van der Waals surface area contributed by atoms with E-state index in [9.17, 15) is 19.5 Å². The molecule has 0 saturated carbocycles. The number of primary amides is 1. The maximum atomic E-state index is 13.5. The highest BCUT2D eigenvalue weighted by molar-refractivity contribution is 5.97. The second-order valence-electron chi connectivity index (χ2n) is 8.07. The molecule has 3 aromatic carbocycles.